The van der Waals surface area contributed by atoms with E-state index in [1.165, 1.54) is 23.5 Å². The average molecular weight is 362 g/mol. The van der Waals surface area contributed by atoms with Gasteiger partial charge in [0.15, 0.2) is 5.13 Å². The van der Waals surface area contributed by atoms with Crippen LogP contribution in [-0.2, 0) is 12.8 Å². The molecule has 1 aromatic carbocycles. The zero-order valence-electron chi connectivity index (χ0n) is 11.4. The van der Waals surface area contributed by atoms with Crippen molar-refractivity contribution in [2.45, 2.75) is 25.3 Å². The second-order valence-electron chi connectivity index (χ2n) is 4.97. The molecule has 1 amide bonds. The Labute approximate surface area is 142 Å². The molecular formula is C14H14Cl2FN3OS. The van der Waals surface area contributed by atoms with Crippen molar-refractivity contribution in [3.63, 3.8) is 0 Å². The summed E-state index contributed by atoms with van der Waals surface area (Å²) in [4.78, 5) is 17.6. The van der Waals surface area contributed by atoms with E-state index < -0.39 is 11.7 Å². The second kappa shape index (κ2) is 6.91. The van der Waals surface area contributed by atoms with Crippen LogP contribution in [0.1, 0.15) is 27.3 Å². The van der Waals surface area contributed by atoms with E-state index in [9.17, 15) is 9.18 Å². The molecule has 8 heteroatoms. The van der Waals surface area contributed by atoms with Crippen molar-refractivity contribution < 1.29 is 9.18 Å². The Morgan fingerprint density at radius 1 is 1.50 bits per heavy atom. The van der Waals surface area contributed by atoms with Crippen molar-refractivity contribution >= 4 is 46.4 Å². The first kappa shape index (κ1) is 17.1. The van der Waals surface area contributed by atoms with Crippen LogP contribution in [0.3, 0.4) is 0 Å². The van der Waals surface area contributed by atoms with E-state index in [2.05, 4.69) is 10.3 Å². The Kier molecular flexibility index (Phi) is 5.39. The predicted molar refractivity (Wildman–Crippen MR) is 88.7 cm³/mol. The molecule has 1 aliphatic rings. The SMILES string of the molecule is Cl.N[C@H]1CCc2nc(NC(=O)c3ccc(Cl)c(F)c3)sc2C1. The smallest absolute Gasteiger partial charge is 0.257 e. The molecule has 0 saturated heterocycles. The van der Waals surface area contributed by atoms with Crippen LogP contribution < -0.4 is 11.1 Å². The molecule has 0 radical (unpaired) electrons. The molecule has 22 heavy (non-hydrogen) atoms. The van der Waals surface area contributed by atoms with Crippen molar-refractivity contribution in [2.24, 2.45) is 5.73 Å². The van der Waals surface area contributed by atoms with Crippen LogP contribution in [0.2, 0.25) is 5.02 Å². The number of amides is 1. The number of anilines is 1. The Morgan fingerprint density at radius 2 is 2.27 bits per heavy atom. The number of nitrogens with two attached hydrogens (primary N) is 1. The summed E-state index contributed by atoms with van der Waals surface area (Å²) < 4.78 is 13.4. The van der Waals surface area contributed by atoms with Gasteiger partial charge in [-0.25, -0.2) is 9.37 Å². The number of benzene rings is 1. The highest BCUT2D eigenvalue weighted by atomic mass is 35.5. The van der Waals surface area contributed by atoms with E-state index in [-0.39, 0.29) is 29.0 Å². The molecule has 0 spiro atoms. The molecule has 0 bridgehead atoms. The van der Waals surface area contributed by atoms with Gasteiger partial charge < -0.3 is 5.73 Å². The molecule has 118 valence electrons. The standard InChI is InChI=1S/C14H13ClFN3OS.ClH/c15-9-3-1-7(5-10(9)16)13(20)19-14-18-11-4-2-8(17)6-12(11)21-14;/h1,3,5,8H,2,4,6,17H2,(H,18,19,20);1H/t8-;/m0./s1. The number of rotatable bonds is 2. The maximum atomic E-state index is 13.4. The van der Waals surface area contributed by atoms with E-state index >= 15 is 0 Å². The fraction of sp³-hybridized carbons (Fsp3) is 0.286. The highest BCUT2D eigenvalue weighted by molar-refractivity contribution is 7.15. The molecule has 1 aromatic heterocycles. The number of nitrogens with one attached hydrogen (secondary N) is 1. The molecule has 3 N–H and O–H groups in total. The third-order valence-corrected chi connectivity index (χ3v) is 4.72. The first-order valence-electron chi connectivity index (χ1n) is 6.53. The van der Waals surface area contributed by atoms with E-state index in [1.54, 1.807) is 0 Å². The van der Waals surface area contributed by atoms with Crippen LogP contribution in [0, 0.1) is 5.82 Å². The number of carbonyl (C=O) groups is 1. The predicted octanol–water partition coefficient (Wildman–Crippen LogP) is 3.43. The van der Waals surface area contributed by atoms with Crippen molar-refractivity contribution in [2.75, 3.05) is 5.32 Å². The van der Waals surface area contributed by atoms with Crippen LogP contribution in [0.4, 0.5) is 9.52 Å². The number of aromatic nitrogens is 1. The van der Waals surface area contributed by atoms with Crippen LogP contribution in [-0.4, -0.2) is 16.9 Å². The quantitative estimate of drug-likeness (QED) is 0.860. The Balaban J connectivity index is 0.00000176. The monoisotopic (exact) mass is 361 g/mol. The lowest BCUT2D eigenvalue weighted by molar-refractivity contribution is 0.102. The Hall–Kier alpha value is -1.21. The van der Waals surface area contributed by atoms with E-state index in [1.807, 2.05) is 0 Å². The Bertz CT molecular complexity index is 707. The maximum Gasteiger partial charge on any atom is 0.257 e. The average Bonchev–Trinajstić information content (AvgIpc) is 2.83. The highest BCUT2D eigenvalue weighted by Crippen LogP contribution is 2.29. The molecule has 2 aromatic rings. The zero-order valence-corrected chi connectivity index (χ0v) is 13.8. The lowest BCUT2D eigenvalue weighted by atomic mass is 9.99. The first-order chi connectivity index (χ1) is 10.0. The third-order valence-electron chi connectivity index (χ3n) is 3.38. The van der Waals surface area contributed by atoms with Crippen molar-refractivity contribution in [3.8, 4) is 0 Å². The molecule has 4 nitrogen and oxygen atoms in total. The van der Waals surface area contributed by atoms with Crippen LogP contribution in [0.25, 0.3) is 0 Å². The molecule has 1 heterocycles. The molecule has 1 atom stereocenters. The topological polar surface area (TPSA) is 68.0 Å². The summed E-state index contributed by atoms with van der Waals surface area (Å²) >= 11 is 7.03. The number of hydrogen-bond donors (Lipinski definition) is 2. The van der Waals surface area contributed by atoms with Gasteiger partial charge in [0.25, 0.3) is 5.91 Å². The number of carbonyl (C=O) groups excluding carboxylic acids is 1. The van der Waals surface area contributed by atoms with E-state index in [0.29, 0.717) is 5.13 Å². The van der Waals surface area contributed by atoms with E-state index in [0.717, 1.165) is 35.9 Å². The normalized spacial score (nSPS) is 16.6. The van der Waals surface area contributed by atoms with Gasteiger partial charge >= 0.3 is 0 Å². The minimum atomic E-state index is -0.617. The minimum absolute atomic E-state index is 0. The third kappa shape index (κ3) is 3.57. The lowest BCUT2D eigenvalue weighted by Crippen LogP contribution is -2.27. The fourth-order valence-corrected chi connectivity index (χ4v) is 3.47. The van der Waals surface area contributed by atoms with Crippen LogP contribution >= 0.6 is 35.3 Å². The van der Waals surface area contributed by atoms with Gasteiger partial charge in [-0.2, -0.15) is 0 Å². The molecule has 0 unspecified atom stereocenters. The van der Waals surface area contributed by atoms with Crippen molar-refractivity contribution in [3.05, 3.63) is 45.2 Å². The summed E-state index contributed by atoms with van der Waals surface area (Å²) in [5, 5.41) is 3.21. The van der Waals surface area contributed by atoms with Gasteiger partial charge in [-0.15, -0.1) is 23.7 Å². The molecular weight excluding hydrogens is 348 g/mol. The van der Waals surface area contributed by atoms with Gasteiger partial charge in [-0.3, -0.25) is 10.1 Å². The molecule has 3 rings (SSSR count). The summed E-state index contributed by atoms with van der Waals surface area (Å²) in [5.74, 6) is -1.02. The molecule has 0 fully saturated rings. The number of fused-ring (bicyclic) bond motifs is 1. The van der Waals surface area contributed by atoms with Gasteiger partial charge in [-0.05, 0) is 37.5 Å². The van der Waals surface area contributed by atoms with Crippen molar-refractivity contribution in [1.29, 1.82) is 0 Å². The van der Waals surface area contributed by atoms with Gasteiger partial charge in [0.2, 0.25) is 0 Å². The zero-order chi connectivity index (χ0) is 15.0. The summed E-state index contributed by atoms with van der Waals surface area (Å²) in [6, 6.07) is 4.11. The van der Waals surface area contributed by atoms with Crippen molar-refractivity contribution in [1.82, 2.24) is 4.98 Å². The number of nitrogens with zero attached hydrogens (tertiary/aromatic N) is 1. The van der Waals surface area contributed by atoms with Crippen LogP contribution in [0.5, 0.6) is 0 Å². The Morgan fingerprint density at radius 3 is 3.00 bits per heavy atom. The number of halogens is 3. The van der Waals surface area contributed by atoms with Gasteiger partial charge in [0.1, 0.15) is 5.82 Å². The molecule has 1 aliphatic carbocycles. The molecule has 0 saturated carbocycles. The highest BCUT2D eigenvalue weighted by Gasteiger charge is 2.21. The largest absolute Gasteiger partial charge is 0.327 e. The lowest BCUT2D eigenvalue weighted by Gasteiger charge is -2.15. The van der Waals surface area contributed by atoms with Crippen LogP contribution in [0.15, 0.2) is 18.2 Å². The van der Waals surface area contributed by atoms with E-state index in [4.69, 9.17) is 17.3 Å². The molecule has 0 aliphatic heterocycles. The van der Waals surface area contributed by atoms with Gasteiger partial charge in [-0.1, -0.05) is 11.6 Å². The number of thiazole rings is 1. The minimum Gasteiger partial charge on any atom is -0.327 e. The maximum absolute atomic E-state index is 13.4. The van der Waals surface area contributed by atoms with Gasteiger partial charge in [0, 0.05) is 16.5 Å². The summed E-state index contributed by atoms with van der Waals surface area (Å²) in [6.07, 6.45) is 2.53. The summed E-state index contributed by atoms with van der Waals surface area (Å²) in [7, 11) is 0. The summed E-state index contributed by atoms with van der Waals surface area (Å²) in [6.45, 7) is 0. The second-order valence-corrected chi connectivity index (χ2v) is 6.47. The fourth-order valence-electron chi connectivity index (χ4n) is 2.26. The number of aryl methyl sites for hydroxylation is 1. The first-order valence-corrected chi connectivity index (χ1v) is 7.73. The van der Waals surface area contributed by atoms with Gasteiger partial charge in [0.05, 0.1) is 10.7 Å². The number of hydrogen-bond acceptors (Lipinski definition) is 4. The summed E-state index contributed by atoms with van der Waals surface area (Å²) in [5.41, 5.74) is 7.13.